The minimum absolute atomic E-state index is 0.676. The van der Waals surface area contributed by atoms with E-state index in [4.69, 9.17) is 17.5 Å². The molecule has 0 saturated carbocycles. The molecule has 0 aliphatic carbocycles. The van der Waals surface area contributed by atoms with Gasteiger partial charge in [0, 0.05) is 12.4 Å². The van der Waals surface area contributed by atoms with Crippen LogP contribution in [0.25, 0.3) is 0 Å². The van der Waals surface area contributed by atoms with E-state index >= 15 is 0 Å². The summed E-state index contributed by atoms with van der Waals surface area (Å²) in [5.74, 6) is 0. The molecular formula is C3H6N2O4S2. The van der Waals surface area contributed by atoms with Gasteiger partial charge in [-0.25, -0.2) is 0 Å². The monoisotopic (exact) mass is 198 g/mol. The first-order chi connectivity index (χ1) is 4.89. The molecule has 0 bridgehead atoms. The van der Waals surface area contributed by atoms with Crippen molar-refractivity contribution in [2.75, 3.05) is 0 Å². The van der Waals surface area contributed by atoms with Gasteiger partial charge in [0.25, 0.3) is 0 Å². The third-order valence-electron chi connectivity index (χ3n) is 0.512. The maximum absolute atomic E-state index is 8.74. The summed E-state index contributed by atoms with van der Waals surface area (Å²) in [5.41, 5.74) is 0. The second kappa shape index (κ2) is 4.23. The molecule has 0 amide bonds. The Kier molecular flexibility index (Phi) is 3.97. The second-order valence-corrected chi connectivity index (χ2v) is 2.70. The molecule has 0 aromatic carbocycles. The first-order valence-corrected chi connectivity index (χ1v) is 4.12. The zero-order valence-corrected chi connectivity index (χ0v) is 6.82. The van der Waals surface area contributed by atoms with E-state index in [0.29, 0.717) is 4.77 Å². The van der Waals surface area contributed by atoms with Crippen LogP contribution < -0.4 is 0 Å². The zero-order valence-electron chi connectivity index (χ0n) is 5.18. The fraction of sp³-hybridized carbons (Fsp3) is 0. The van der Waals surface area contributed by atoms with Crippen LogP contribution in [0.5, 0.6) is 0 Å². The molecule has 0 atom stereocenters. The highest BCUT2D eigenvalue weighted by atomic mass is 32.3. The lowest BCUT2D eigenvalue weighted by Crippen LogP contribution is -1.89. The standard InChI is InChI=1S/C3H4N2S.H2O4S/c6-3-4-1-2-5-3;1-5(2,3)4/h1-2H,(H2,4,5,6);(H2,1,2,3,4). The average molecular weight is 198 g/mol. The minimum atomic E-state index is -4.67. The lowest BCUT2D eigenvalue weighted by molar-refractivity contribution is 0.381. The Hall–Kier alpha value is -0.700. The normalized spacial score (nSPS) is 10.0. The molecule has 1 heterocycles. The van der Waals surface area contributed by atoms with Gasteiger partial charge in [0.05, 0.1) is 0 Å². The molecule has 0 radical (unpaired) electrons. The summed E-state index contributed by atoms with van der Waals surface area (Å²) < 4.78 is 32.3. The number of rotatable bonds is 0. The predicted molar refractivity (Wildman–Crippen MR) is 40.2 cm³/mol. The van der Waals surface area contributed by atoms with Crippen molar-refractivity contribution in [2.45, 2.75) is 0 Å². The number of imidazole rings is 1. The molecule has 0 spiro atoms. The molecule has 6 nitrogen and oxygen atoms in total. The van der Waals surface area contributed by atoms with E-state index in [9.17, 15) is 0 Å². The summed E-state index contributed by atoms with van der Waals surface area (Å²) in [6.07, 6.45) is 3.50. The van der Waals surface area contributed by atoms with Gasteiger partial charge < -0.3 is 9.97 Å². The number of hydrogen-bond acceptors (Lipinski definition) is 3. The van der Waals surface area contributed by atoms with Gasteiger partial charge in [0.15, 0.2) is 4.77 Å². The molecule has 1 aromatic heterocycles. The highest BCUT2D eigenvalue weighted by Gasteiger charge is 1.84. The molecule has 0 aliphatic rings. The predicted octanol–water partition coefficient (Wildman–Crippen LogP) is 0.419. The summed E-state index contributed by atoms with van der Waals surface area (Å²) >= 11 is 4.63. The van der Waals surface area contributed by atoms with Gasteiger partial charge in [-0.3, -0.25) is 9.11 Å². The highest BCUT2D eigenvalue weighted by Crippen LogP contribution is 1.72. The van der Waals surface area contributed by atoms with Crippen molar-refractivity contribution >= 4 is 22.6 Å². The average Bonchev–Trinajstić information content (AvgIpc) is 2.12. The van der Waals surface area contributed by atoms with Crippen LogP contribution in [-0.2, 0) is 10.4 Å². The molecule has 1 rings (SSSR count). The van der Waals surface area contributed by atoms with Crippen LogP contribution in [0, 0.1) is 4.77 Å². The van der Waals surface area contributed by atoms with Crippen LogP contribution in [0.1, 0.15) is 0 Å². The third kappa shape index (κ3) is 12.5. The van der Waals surface area contributed by atoms with Crippen molar-refractivity contribution in [3.63, 3.8) is 0 Å². The lowest BCUT2D eigenvalue weighted by Gasteiger charge is -1.68. The Morgan fingerprint density at radius 1 is 1.27 bits per heavy atom. The highest BCUT2D eigenvalue weighted by molar-refractivity contribution is 7.79. The molecule has 0 fully saturated rings. The molecule has 8 heteroatoms. The molecule has 11 heavy (non-hydrogen) atoms. The van der Waals surface area contributed by atoms with E-state index in [1.165, 1.54) is 0 Å². The third-order valence-corrected chi connectivity index (χ3v) is 0.748. The van der Waals surface area contributed by atoms with Gasteiger partial charge in [-0.1, -0.05) is 0 Å². The molecule has 0 unspecified atom stereocenters. The van der Waals surface area contributed by atoms with Gasteiger partial charge in [0.2, 0.25) is 0 Å². The molecule has 0 aliphatic heterocycles. The van der Waals surface area contributed by atoms with E-state index in [-0.39, 0.29) is 0 Å². The van der Waals surface area contributed by atoms with E-state index in [0.717, 1.165) is 0 Å². The van der Waals surface area contributed by atoms with Gasteiger partial charge in [-0.05, 0) is 12.2 Å². The van der Waals surface area contributed by atoms with Crippen LogP contribution in [0.15, 0.2) is 12.4 Å². The summed E-state index contributed by atoms with van der Waals surface area (Å²) in [7, 11) is -4.67. The van der Waals surface area contributed by atoms with Crippen LogP contribution in [-0.4, -0.2) is 27.5 Å². The number of aromatic amines is 2. The molecule has 4 N–H and O–H groups in total. The van der Waals surface area contributed by atoms with Crippen LogP contribution in [0.4, 0.5) is 0 Å². The fourth-order valence-corrected chi connectivity index (χ4v) is 0.412. The summed E-state index contributed by atoms with van der Waals surface area (Å²) in [6, 6.07) is 0. The number of hydrogen-bond donors (Lipinski definition) is 4. The molecule has 1 aromatic rings. The van der Waals surface area contributed by atoms with Gasteiger partial charge in [-0.15, -0.1) is 0 Å². The summed E-state index contributed by atoms with van der Waals surface area (Å²) in [4.78, 5) is 5.52. The van der Waals surface area contributed by atoms with Crippen LogP contribution >= 0.6 is 12.2 Å². The molecular weight excluding hydrogens is 192 g/mol. The Balaban J connectivity index is 0.000000187. The Labute approximate surface area is 67.9 Å². The Bertz CT molecular complexity index is 311. The van der Waals surface area contributed by atoms with Gasteiger partial charge >= 0.3 is 10.4 Å². The van der Waals surface area contributed by atoms with Crippen LogP contribution in [0.3, 0.4) is 0 Å². The summed E-state index contributed by atoms with van der Waals surface area (Å²) in [6.45, 7) is 0. The van der Waals surface area contributed by atoms with Crippen molar-refractivity contribution in [1.29, 1.82) is 0 Å². The Morgan fingerprint density at radius 3 is 1.64 bits per heavy atom. The second-order valence-electron chi connectivity index (χ2n) is 1.40. The van der Waals surface area contributed by atoms with Crippen molar-refractivity contribution in [3.05, 3.63) is 17.2 Å². The van der Waals surface area contributed by atoms with E-state index < -0.39 is 10.4 Å². The van der Waals surface area contributed by atoms with Gasteiger partial charge in [-0.2, -0.15) is 8.42 Å². The number of H-pyrrole nitrogens is 2. The summed E-state index contributed by atoms with van der Waals surface area (Å²) in [5, 5.41) is 0. The number of nitrogens with one attached hydrogen (secondary N) is 2. The van der Waals surface area contributed by atoms with Crippen molar-refractivity contribution in [3.8, 4) is 0 Å². The minimum Gasteiger partial charge on any atom is -0.338 e. The molecule has 64 valence electrons. The van der Waals surface area contributed by atoms with Crippen molar-refractivity contribution in [2.24, 2.45) is 0 Å². The first-order valence-electron chi connectivity index (χ1n) is 2.31. The fourth-order valence-electron chi connectivity index (χ4n) is 0.276. The van der Waals surface area contributed by atoms with Gasteiger partial charge in [0.1, 0.15) is 0 Å². The van der Waals surface area contributed by atoms with E-state index in [1.54, 1.807) is 12.4 Å². The molecule has 0 saturated heterocycles. The number of aromatic nitrogens is 2. The Morgan fingerprint density at radius 2 is 1.55 bits per heavy atom. The SMILES string of the molecule is O=S(=O)(O)O.S=c1[nH]cc[nH]1. The lowest BCUT2D eigenvalue weighted by atomic mass is 11.0. The first kappa shape index (κ1) is 10.3. The van der Waals surface area contributed by atoms with Crippen LogP contribution in [0.2, 0.25) is 0 Å². The van der Waals surface area contributed by atoms with Crippen molar-refractivity contribution in [1.82, 2.24) is 9.97 Å². The maximum Gasteiger partial charge on any atom is 0.394 e. The smallest absolute Gasteiger partial charge is 0.338 e. The van der Waals surface area contributed by atoms with E-state index in [2.05, 4.69) is 22.2 Å². The largest absolute Gasteiger partial charge is 0.394 e. The van der Waals surface area contributed by atoms with Crippen molar-refractivity contribution < 1.29 is 17.5 Å². The quantitative estimate of drug-likeness (QED) is 0.357. The zero-order chi connectivity index (χ0) is 8.91. The van der Waals surface area contributed by atoms with E-state index in [1.807, 2.05) is 0 Å². The maximum atomic E-state index is 8.74. The topological polar surface area (TPSA) is 106 Å².